The van der Waals surface area contributed by atoms with Crippen LogP contribution in [0.3, 0.4) is 0 Å². The van der Waals surface area contributed by atoms with Gasteiger partial charge in [0.05, 0.1) is 18.6 Å². The lowest BCUT2D eigenvalue weighted by Gasteiger charge is -2.12. The van der Waals surface area contributed by atoms with E-state index in [4.69, 9.17) is 4.74 Å². The maximum Gasteiger partial charge on any atom is 0.234 e. The highest BCUT2D eigenvalue weighted by Gasteiger charge is 2.18. The molecular formula is C24H23N5O2S. The van der Waals surface area contributed by atoms with E-state index in [-0.39, 0.29) is 11.7 Å². The van der Waals surface area contributed by atoms with Gasteiger partial charge in [-0.1, -0.05) is 41.6 Å². The smallest absolute Gasteiger partial charge is 0.234 e. The molecule has 162 valence electrons. The summed E-state index contributed by atoms with van der Waals surface area (Å²) in [5.74, 6) is 1.26. The van der Waals surface area contributed by atoms with Gasteiger partial charge in [-0.25, -0.2) is 0 Å². The van der Waals surface area contributed by atoms with Crippen LogP contribution in [0.15, 0.2) is 72.0 Å². The topological polar surface area (TPSA) is 81.9 Å². The van der Waals surface area contributed by atoms with Crippen molar-refractivity contribution in [2.45, 2.75) is 19.0 Å². The van der Waals surface area contributed by atoms with Crippen molar-refractivity contribution < 1.29 is 9.53 Å². The number of amides is 1. The summed E-state index contributed by atoms with van der Waals surface area (Å²) in [6.07, 6.45) is 1.72. The molecule has 1 N–H and O–H groups in total. The summed E-state index contributed by atoms with van der Waals surface area (Å²) in [5, 5.41) is 12.2. The largest absolute Gasteiger partial charge is 0.495 e. The molecule has 2 aromatic heterocycles. The number of nitrogens with zero attached hydrogens (tertiary/aromatic N) is 4. The summed E-state index contributed by atoms with van der Waals surface area (Å²) in [4.78, 5) is 17.1. The standard InChI is InChI=1S/C24H23N5O2S/c1-16-7-10-18(11-8-16)29-23(19-6-4-5-13-25-19)27-28-24(29)32-15-22(30)26-20-14-17(2)9-12-21(20)31-3/h4-14H,15H2,1-3H3,(H,26,30). The van der Waals surface area contributed by atoms with Crippen LogP contribution in [-0.4, -0.2) is 38.5 Å². The van der Waals surface area contributed by atoms with Crippen LogP contribution in [0.4, 0.5) is 5.69 Å². The third-order valence-corrected chi connectivity index (χ3v) is 5.71. The molecule has 2 aromatic carbocycles. The number of ether oxygens (including phenoxy) is 1. The molecule has 8 heteroatoms. The summed E-state index contributed by atoms with van der Waals surface area (Å²) in [5.41, 5.74) is 4.45. The number of thioether (sulfide) groups is 1. The van der Waals surface area contributed by atoms with Crippen molar-refractivity contribution in [3.8, 4) is 23.0 Å². The summed E-state index contributed by atoms with van der Waals surface area (Å²) in [7, 11) is 1.58. The highest BCUT2D eigenvalue weighted by atomic mass is 32.2. The Morgan fingerprint density at radius 3 is 2.53 bits per heavy atom. The van der Waals surface area contributed by atoms with Crippen LogP contribution >= 0.6 is 11.8 Å². The number of aromatic nitrogens is 4. The summed E-state index contributed by atoms with van der Waals surface area (Å²) < 4.78 is 7.27. The Labute approximate surface area is 190 Å². The van der Waals surface area contributed by atoms with Gasteiger partial charge in [0, 0.05) is 11.9 Å². The highest BCUT2D eigenvalue weighted by Crippen LogP contribution is 2.28. The predicted molar refractivity (Wildman–Crippen MR) is 126 cm³/mol. The van der Waals surface area contributed by atoms with Crippen molar-refractivity contribution in [3.63, 3.8) is 0 Å². The molecule has 0 atom stereocenters. The molecule has 4 aromatic rings. The molecule has 0 aliphatic carbocycles. The third-order valence-electron chi connectivity index (χ3n) is 4.78. The fourth-order valence-corrected chi connectivity index (χ4v) is 3.94. The van der Waals surface area contributed by atoms with Gasteiger partial charge in [-0.2, -0.15) is 0 Å². The molecule has 0 saturated heterocycles. The number of carbonyl (C=O) groups excluding carboxylic acids is 1. The minimum atomic E-state index is -0.156. The number of hydrogen-bond donors (Lipinski definition) is 1. The fourth-order valence-electron chi connectivity index (χ4n) is 3.19. The summed E-state index contributed by atoms with van der Waals surface area (Å²) in [6, 6.07) is 19.4. The summed E-state index contributed by atoms with van der Waals surface area (Å²) >= 11 is 1.32. The van der Waals surface area contributed by atoms with Crippen molar-refractivity contribution >= 4 is 23.4 Å². The molecule has 7 nitrogen and oxygen atoms in total. The maximum absolute atomic E-state index is 12.7. The second kappa shape index (κ2) is 9.65. The van der Waals surface area contributed by atoms with E-state index in [1.807, 2.05) is 79.1 Å². The number of carbonyl (C=O) groups is 1. The van der Waals surface area contributed by atoms with E-state index in [0.29, 0.717) is 28.1 Å². The lowest BCUT2D eigenvalue weighted by atomic mass is 10.2. The van der Waals surface area contributed by atoms with E-state index in [0.717, 1.165) is 16.8 Å². The molecule has 0 aliphatic rings. The zero-order valence-corrected chi connectivity index (χ0v) is 18.9. The van der Waals surface area contributed by atoms with Gasteiger partial charge in [0.15, 0.2) is 11.0 Å². The van der Waals surface area contributed by atoms with E-state index < -0.39 is 0 Å². The lowest BCUT2D eigenvalue weighted by Crippen LogP contribution is -2.15. The van der Waals surface area contributed by atoms with Crippen LogP contribution < -0.4 is 10.1 Å². The molecule has 4 rings (SSSR count). The van der Waals surface area contributed by atoms with Gasteiger partial charge in [-0.05, 0) is 55.8 Å². The molecule has 1 amide bonds. The molecule has 0 radical (unpaired) electrons. The van der Waals surface area contributed by atoms with Gasteiger partial charge < -0.3 is 10.1 Å². The number of nitrogens with one attached hydrogen (secondary N) is 1. The summed E-state index contributed by atoms with van der Waals surface area (Å²) in [6.45, 7) is 4.00. The fraction of sp³-hybridized carbons (Fsp3) is 0.167. The minimum absolute atomic E-state index is 0.156. The zero-order chi connectivity index (χ0) is 22.5. The normalized spacial score (nSPS) is 10.7. The van der Waals surface area contributed by atoms with Gasteiger partial charge in [0.1, 0.15) is 11.4 Å². The molecule has 2 heterocycles. The van der Waals surface area contributed by atoms with Crippen LogP contribution in [-0.2, 0) is 4.79 Å². The quantitative estimate of drug-likeness (QED) is 0.416. The van der Waals surface area contributed by atoms with Crippen LogP contribution in [0.5, 0.6) is 5.75 Å². The first-order chi connectivity index (χ1) is 15.5. The van der Waals surface area contributed by atoms with Crippen molar-refractivity contribution in [1.29, 1.82) is 0 Å². The number of aryl methyl sites for hydroxylation is 2. The average Bonchev–Trinajstić information content (AvgIpc) is 3.23. The first-order valence-corrected chi connectivity index (χ1v) is 11.0. The number of hydrogen-bond acceptors (Lipinski definition) is 6. The second-order valence-electron chi connectivity index (χ2n) is 7.23. The number of rotatable bonds is 7. The minimum Gasteiger partial charge on any atom is -0.495 e. The van der Waals surface area contributed by atoms with E-state index in [9.17, 15) is 4.79 Å². The van der Waals surface area contributed by atoms with E-state index >= 15 is 0 Å². The third kappa shape index (κ3) is 4.81. The van der Waals surface area contributed by atoms with Crippen LogP contribution in [0, 0.1) is 13.8 Å². The zero-order valence-electron chi connectivity index (χ0n) is 18.1. The maximum atomic E-state index is 12.7. The first kappa shape index (κ1) is 21.6. The Bertz CT molecular complexity index is 1220. The van der Waals surface area contributed by atoms with Crippen LogP contribution in [0.2, 0.25) is 0 Å². The number of benzene rings is 2. The molecule has 0 spiro atoms. The van der Waals surface area contributed by atoms with Crippen molar-refractivity contribution in [2.24, 2.45) is 0 Å². The van der Waals surface area contributed by atoms with Gasteiger partial charge in [-0.3, -0.25) is 14.3 Å². The Hall–Kier alpha value is -3.65. The second-order valence-corrected chi connectivity index (χ2v) is 8.18. The molecular weight excluding hydrogens is 422 g/mol. The first-order valence-electron chi connectivity index (χ1n) is 10.1. The molecule has 0 fully saturated rings. The van der Waals surface area contributed by atoms with Gasteiger partial charge in [0.2, 0.25) is 5.91 Å². The lowest BCUT2D eigenvalue weighted by molar-refractivity contribution is -0.113. The SMILES string of the molecule is COc1ccc(C)cc1NC(=O)CSc1nnc(-c2ccccn2)n1-c1ccc(C)cc1. The van der Waals surface area contributed by atoms with Gasteiger partial charge in [0.25, 0.3) is 0 Å². The van der Waals surface area contributed by atoms with Crippen LogP contribution in [0.25, 0.3) is 17.2 Å². The highest BCUT2D eigenvalue weighted by molar-refractivity contribution is 7.99. The van der Waals surface area contributed by atoms with Crippen molar-refractivity contribution in [3.05, 3.63) is 78.0 Å². The average molecular weight is 446 g/mol. The van der Waals surface area contributed by atoms with E-state index in [2.05, 4.69) is 20.5 Å². The molecule has 0 unspecified atom stereocenters. The van der Waals surface area contributed by atoms with Crippen LogP contribution in [0.1, 0.15) is 11.1 Å². The monoisotopic (exact) mass is 445 g/mol. The van der Waals surface area contributed by atoms with Crippen molar-refractivity contribution in [1.82, 2.24) is 19.7 Å². The van der Waals surface area contributed by atoms with E-state index in [1.54, 1.807) is 13.3 Å². The molecule has 0 saturated carbocycles. The Balaban J connectivity index is 1.59. The Morgan fingerprint density at radius 2 is 1.81 bits per heavy atom. The molecule has 0 aliphatic heterocycles. The Kier molecular flexibility index (Phi) is 6.51. The number of anilines is 1. The van der Waals surface area contributed by atoms with E-state index in [1.165, 1.54) is 11.8 Å². The Morgan fingerprint density at radius 1 is 1.03 bits per heavy atom. The predicted octanol–water partition coefficient (Wildman–Crippen LogP) is 4.69. The number of methoxy groups -OCH3 is 1. The molecule has 32 heavy (non-hydrogen) atoms. The van der Waals surface area contributed by atoms with Gasteiger partial charge >= 0.3 is 0 Å². The number of pyridine rings is 1. The van der Waals surface area contributed by atoms with Gasteiger partial charge in [-0.15, -0.1) is 10.2 Å². The molecule has 0 bridgehead atoms. The van der Waals surface area contributed by atoms with Crippen molar-refractivity contribution in [2.75, 3.05) is 18.2 Å².